The Morgan fingerprint density at radius 1 is 1.60 bits per heavy atom. The van der Waals surface area contributed by atoms with Gasteiger partial charge in [-0.15, -0.1) is 0 Å². The molecule has 0 aliphatic carbocycles. The predicted molar refractivity (Wildman–Crippen MR) is 51.8 cm³/mol. The van der Waals surface area contributed by atoms with Crippen LogP contribution >= 0.6 is 9.24 Å². The molecule has 0 saturated carbocycles. The second-order valence-electron chi connectivity index (χ2n) is 2.69. The minimum absolute atomic E-state index is 0.648. The van der Waals surface area contributed by atoms with Gasteiger partial charge in [-0.05, 0) is 12.3 Å². The van der Waals surface area contributed by atoms with Crippen LogP contribution in [0.3, 0.4) is 0 Å². The van der Waals surface area contributed by atoms with Crippen LogP contribution in [-0.2, 0) is 0 Å². The second kappa shape index (κ2) is 5.85. The molecule has 0 aliphatic heterocycles. The van der Waals surface area contributed by atoms with Crippen LogP contribution in [0, 0.1) is 5.92 Å². The van der Waals surface area contributed by atoms with Crippen LogP contribution in [0.5, 0.6) is 0 Å². The van der Waals surface area contributed by atoms with Gasteiger partial charge in [0, 0.05) is 12.5 Å². The summed E-state index contributed by atoms with van der Waals surface area (Å²) in [6, 6.07) is 0. The highest BCUT2D eigenvalue weighted by atomic mass is 31.0. The van der Waals surface area contributed by atoms with Gasteiger partial charge in [-0.3, -0.25) is 4.99 Å². The molecule has 0 heterocycles. The fraction of sp³-hybridized carbons (Fsp3) is 0.875. The molecule has 0 aromatic heterocycles. The maximum atomic E-state index is 4.12. The largest absolute Gasteiger partial charge is 0.293 e. The van der Waals surface area contributed by atoms with E-state index in [4.69, 9.17) is 0 Å². The summed E-state index contributed by atoms with van der Waals surface area (Å²) in [5.74, 6) is 0.648. The van der Waals surface area contributed by atoms with Crippen molar-refractivity contribution in [3.05, 3.63) is 0 Å². The van der Waals surface area contributed by atoms with E-state index in [0.717, 1.165) is 0 Å². The fourth-order valence-electron chi connectivity index (χ4n) is 0.879. The van der Waals surface area contributed by atoms with Crippen LogP contribution in [0.15, 0.2) is 4.99 Å². The zero-order valence-electron chi connectivity index (χ0n) is 7.22. The van der Waals surface area contributed by atoms with Gasteiger partial charge in [-0.25, -0.2) is 0 Å². The number of nitrogens with zero attached hydrogens (tertiary/aromatic N) is 1. The highest BCUT2D eigenvalue weighted by Crippen LogP contribution is 2.13. The summed E-state index contributed by atoms with van der Waals surface area (Å²) < 4.78 is 0. The monoisotopic (exact) mass is 159 g/mol. The molecule has 0 radical (unpaired) electrons. The summed E-state index contributed by atoms with van der Waals surface area (Å²) in [5, 5.41) is 0. The van der Waals surface area contributed by atoms with Gasteiger partial charge in [0.15, 0.2) is 0 Å². The maximum Gasteiger partial charge on any atom is 0.0315 e. The van der Waals surface area contributed by atoms with Crippen molar-refractivity contribution in [1.82, 2.24) is 0 Å². The first-order chi connectivity index (χ1) is 4.72. The van der Waals surface area contributed by atoms with Crippen LogP contribution in [0.25, 0.3) is 0 Å². The third-order valence-corrected chi connectivity index (χ3v) is 2.58. The Kier molecular flexibility index (Phi) is 5.91. The lowest BCUT2D eigenvalue weighted by Crippen LogP contribution is -2.02. The summed E-state index contributed by atoms with van der Waals surface area (Å²) in [6.45, 7) is 4.45. The Balaban J connectivity index is 3.51. The summed E-state index contributed by atoms with van der Waals surface area (Å²) in [6.07, 6.45) is 3.87. The highest BCUT2D eigenvalue weighted by Gasteiger charge is 2.02. The van der Waals surface area contributed by atoms with E-state index in [1.54, 1.807) is 0 Å². The topological polar surface area (TPSA) is 12.4 Å². The minimum atomic E-state index is 0.648. The summed E-state index contributed by atoms with van der Waals surface area (Å²) in [5.41, 5.74) is 1.20. The number of rotatable bonds is 4. The van der Waals surface area contributed by atoms with Crippen molar-refractivity contribution < 1.29 is 0 Å². The van der Waals surface area contributed by atoms with Gasteiger partial charge in [0.2, 0.25) is 0 Å². The molecule has 0 aliphatic rings. The molecule has 0 spiro atoms. The molecule has 0 aromatic carbocycles. The number of aliphatic imine (C=N–C) groups is 1. The molecule has 10 heavy (non-hydrogen) atoms. The van der Waals surface area contributed by atoms with Crippen molar-refractivity contribution in [3.8, 4) is 0 Å². The van der Waals surface area contributed by atoms with E-state index >= 15 is 0 Å². The van der Waals surface area contributed by atoms with Gasteiger partial charge >= 0.3 is 0 Å². The van der Waals surface area contributed by atoms with E-state index in [-0.39, 0.29) is 0 Å². The Morgan fingerprint density at radius 2 is 2.20 bits per heavy atom. The predicted octanol–water partition coefficient (Wildman–Crippen LogP) is 2.72. The maximum absolute atomic E-state index is 4.12. The van der Waals surface area contributed by atoms with Gasteiger partial charge in [0.25, 0.3) is 0 Å². The molecule has 0 fully saturated rings. The molecule has 0 N–H and O–H groups in total. The van der Waals surface area contributed by atoms with E-state index in [9.17, 15) is 0 Å². The van der Waals surface area contributed by atoms with Gasteiger partial charge in [-0.2, -0.15) is 0 Å². The molecule has 0 bridgehead atoms. The van der Waals surface area contributed by atoms with Crippen molar-refractivity contribution in [2.45, 2.75) is 33.1 Å². The van der Waals surface area contributed by atoms with Crippen LogP contribution in [0.1, 0.15) is 33.1 Å². The molecule has 0 rings (SSSR count). The number of unbranched alkanes of at least 4 members (excludes halogenated alkanes) is 1. The highest BCUT2D eigenvalue weighted by molar-refractivity contribution is 7.40. The molecule has 0 aromatic rings. The molecule has 60 valence electrons. The van der Waals surface area contributed by atoms with E-state index < -0.39 is 0 Å². The number of hydrogen-bond acceptors (Lipinski definition) is 1. The first kappa shape index (κ1) is 10.1. The Labute approximate surface area is 66.5 Å². The molecular formula is C8H18NP. The normalized spacial score (nSPS) is 15.4. The molecule has 2 heteroatoms. The minimum Gasteiger partial charge on any atom is -0.293 e. The average Bonchev–Trinajstić information content (AvgIpc) is 1.98. The van der Waals surface area contributed by atoms with Crippen molar-refractivity contribution in [1.29, 1.82) is 0 Å². The molecule has 2 unspecified atom stereocenters. The molecule has 0 saturated heterocycles. The lowest BCUT2D eigenvalue weighted by atomic mass is 10.1. The van der Waals surface area contributed by atoms with Gasteiger partial charge in [0.05, 0.1) is 0 Å². The molecule has 0 amide bonds. The molecular weight excluding hydrogens is 141 g/mol. The SMILES string of the molecule is CCCCC(C)C(P)=NC. The van der Waals surface area contributed by atoms with E-state index in [2.05, 4.69) is 28.1 Å². The third kappa shape index (κ3) is 4.00. The third-order valence-electron chi connectivity index (χ3n) is 1.75. The van der Waals surface area contributed by atoms with Gasteiger partial charge in [0.1, 0.15) is 0 Å². The van der Waals surface area contributed by atoms with Crippen molar-refractivity contribution in [2.24, 2.45) is 10.9 Å². The first-order valence-corrected chi connectivity index (χ1v) is 4.52. The quantitative estimate of drug-likeness (QED) is 0.442. The van der Waals surface area contributed by atoms with Crippen molar-refractivity contribution in [2.75, 3.05) is 7.05 Å². The van der Waals surface area contributed by atoms with E-state index in [0.29, 0.717) is 5.92 Å². The van der Waals surface area contributed by atoms with Crippen LogP contribution in [0.2, 0.25) is 0 Å². The lowest BCUT2D eigenvalue weighted by molar-refractivity contribution is 0.629. The zero-order chi connectivity index (χ0) is 7.98. The van der Waals surface area contributed by atoms with E-state index in [1.807, 2.05) is 7.05 Å². The standard InChI is InChI=1S/C8H18NP/c1-4-5-6-7(2)8(10)9-3/h7H,4-6,10H2,1-3H3. The molecule has 2 atom stereocenters. The van der Waals surface area contributed by atoms with Crippen molar-refractivity contribution >= 4 is 14.7 Å². The first-order valence-electron chi connectivity index (χ1n) is 3.94. The smallest absolute Gasteiger partial charge is 0.0315 e. The molecule has 1 nitrogen and oxygen atoms in total. The Morgan fingerprint density at radius 3 is 2.60 bits per heavy atom. The summed E-state index contributed by atoms with van der Waals surface area (Å²) in [7, 11) is 4.55. The summed E-state index contributed by atoms with van der Waals surface area (Å²) >= 11 is 0. The van der Waals surface area contributed by atoms with Crippen molar-refractivity contribution in [3.63, 3.8) is 0 Å². The van der Waals surface area contributed by atoms with Crippen LogP contribution in [0.4, 0.5) is 0 Å². The Hall–Kier alpha value is 0.100. The van der Waals surface area contributed by atoms with Gasteiger partial charge < -0.3 is 0 Å². The van der Waals surface area contributed by atoms with Crippen LogP contribution < -0.4 is 0 Å². The zero-order valence-corrected chi connectivity index (χ0v) is 8.38. The van der Waals surface area contributed by atoms with Crippen LogP contribution in [-0.4, -0.2) is 12.5 Å². The average molecular weight is 159 g/mol. The number of hydrogen-bond donors (Lipinski definition) is 0. The Bertz CT molecular complexity index is 110. The van der Waals surface area contributed by atoms with Gasteiger partial charge in [-0.1, -0.05) is 35.9 Å². The lowest BCUT2D eigenvalue weighted by Gasteiger charge is -2.08. The second-order valence-corrected chi connectivity index (χ2v) is 3.28. The van der Waals surface area contributed by atoms with E-state index in [1.165, 1.54) is 24.7 Å². The fourth-order valence-corrected chi connectivity index (χ4v) is 1.05. The summed E-state index contributed by atoms with van der Waals surface area (Å²) in [4.78, 5) is 4.12.